The van der Waals surface area contributed by atoms with Crippen molar-refractivity contribution in [3.05, 3.63) is 23.8 Å². The van der Waals surface area contributed by atoms with E-state index < -0.39 is 46.2 Å². The minimum atomic E-state index is -4.95. The lowest BCUT2D eigenvalue weighted by atomic mass is 9.85. The third-order valence-corrected chi connectivity index (χ3v) is 5.93. The van der Waals surface area contributed by atoms with Crippen LogP contribution in [0.5, 0.6) is 11.5 Å². The highest BCUT2D eigenvalue weighted by Gasteiger charge is 2.39. The molecule has 1 atom stereocenters. The first-order valence-electron chi connectivity index (χ1n) is 9.54. The Kier molecular flexibility index (Phi) is 7.62. The minimum Gasteiger partial charge on any atom is -0.483 e. The molecule has 0 aromatic heterocycles. The summed E-state index contributed by atoms with van der Waals surface area (Å²) >= 11 is 0. The lowest BCUT2D eigenvalue weighted by Crippen LogP contribution is -2.39. The molecule has 1 aromatic rings. The fraction of sp³-hybridized carbons (Fsp3) is 0.632. The number of hydrogen-bond donors (Lipinski definition) is 1. The van der Waals surface area contributed by atoms with Crippen LogP contribution in [0, 0.1) is 5.92 Å². The number of alkyl halides is 3. The SMILES string of the molecule is CCC(C)(Oc1cc(C(=O)OCCS(=O)(=O)O)ccc1OC(F)(F)F)C1CCCC1. The van der Waals surface area contributed by atoms with Gasteiger partial charge in [0.2, 0.25) is 0 Å². The normalized spacial score (nSPS) is 17.4. The summed E-state index contributed by atoms with van der Waals surface area (Å²) in [5, 5.41) is 0. The number of ether oxygens (including phenoxy) is 3. The molecule has 2 rings (SSSR count). The summed E-state index contributed by atoms with van der Waals surface area (Å²) in [5.41, 5.74) is -0.895. The quantitative estimate of drug-likeness (QED) is 0.437. The fourth-order valence-corrected chi connectivity index (χ4v) is 3.77. The highest BCUT2D eigenvalue weighted by molar-refractivity contribution is 7.85. The average Bonchev–Trinajstić information content (AvgIpc) is 3.16. The summed E-state index contributed by atoms with van der Waals surface area (Å²) in [6.07, 6.45) is -0.628. The summed E-state index contributed by atoms with van der Waals surface area (Å²) < 4.78 is 83.4. The second kappa shape index (κ2) is 9.42. The second-order valence-electron chi connectivity index (χ2n) is 7.38. The van der Waals surface area contributed by atoms with Crippen LogP contribution < -0.4 is 9.47 Å². The molecule has 170 valence electrons. The van der Waals surface area contributed by atoms with Crippen LogP contribution in [0.1, 0.15) is 56.3 Å². The Labute approximate surface area is 173 Å². The van der Waals surface area contributed by atoms with E-state index in [0.29, 0.717) is 6.42 Å². The van der Waals surface area contributed by atoms with Crippen molar-refractivity contribution >= 4 is 16.1 Å². The Balaban J connectivity index is 2.29. The number of rotatable bonds is 9. The summed E-state index contributed by atoms with van der Waals surface area (Å²) in [5.74, 6) is -2.47. The lowest BCUT2D eigenvalue weighted by molar-refractivity contribution is -0.275. The van der Waals surface area contributed by atoms with Crippen LogP contribution in [0.3, 0.4) is 0 Å². The van der Waals surface area contributed by atoms with Gasteiger partial charge in [0, 0.05) is 0 Å². The molecular formula is C19H25F3O7S. The molecule has 1 fully saturated rings. The number of carbonyl (C=O) groups is 1. The Morgan fingerprint density at radius 3 is 2.33 bits per heavy atom. The molecule has 11 heteroatoms. The molecule has 7 nitrogen and oxygen atoms in total. The molecule has 1 saturated carbocycles. The maximum absolute atomic E-state index is 12.8. The minimum absolute atomic E-state index is 0.139. The zero-order chi connectivity index (χ0) is 22.6. The summed E-state index contributed by atoms with van der Waals surface area (Å²) in [4.78, 5) is 12.2. The third kappa shape index (κ3) is 7.05. The van der Waals surface area contributed by atoms with Crippen molar-refractivity contribution < 1.29 is 45.1 Å². The van der Waals surface area contributed by atoms with Crippen LogP contribution in [0.15, 0.2) is 18.2 Å². The van der Waals surface area contributed by atoms with Crippen molar-refractivity contribution in [2.75, 3.05) is 12.4 Å². The largest absolute Gasteiger partial charge is 0.573 e. The van der Waals surface area contributed by atoms with Crippen molar-refractivity contribution in [3.8, 4) is 11.5 Å². The summed E-state index contributed by atoms with van der Waals surface area (Å²) in [6, 6.07) is 3.09. The molecule has 1 N–H and O–H groups in total. The van der Waals surface area contributed by atoms with Crippen LogP contribution in [0.25, 0.3) is 0 Å². The first-order chi connectivity index (χ1) is 13.8. The maximum atomic E-state index is 12.8. The molecule has 1 aromatic carbocycles. The zero-order valence-electron chi connectivity index (χ0n) is 16.7. The molecule has 1 aliphatic rings. The highest BCUT2D eigenvalue weighted by Crippen LogP contribution is 2.42. The van der Waals surface area contributed by atoms with Gasteiger partial charge in [-0.25, -0.2) is 4.79 Å². The predicted molar refractivity (Wildman–Crippen MR) is 101 cm³/mol. The standard InChI is InChI=1S/C19H25F3O7S/c1-3-18(2,14-6-4-5-7-14)28-16-12-13(8-9-15(16)29-19(20,21)22)17(23)27-10-11-30(24,25)26/h8-9,12,14H,3-7,10-11H2,1-2H3,(H,24,25,26). The Morgan fingerprint density at radius 1 is 1.17 bits per heavy atom. The average molecular weight is 454 g/mol. The number of esters is 1. The van der Waals surface area contributed by atoms with Gasteiger partial charge in [-0.1, -0.05) is 19.8 Å². The fourth-order valence-electron chi connectivity index (χ4n) is 3.48. The molecule has 0 spiro atoms. The van der Waals surface area contributed by atoms with Gasteiger partial charge in [0.1, 0.15) is 18.0 Å². The molecular weight excluding hydrogens is 429 g/mol. The van der Waals surface area contributed by atoms with E-state index in [-0.39, 0.29) is 17.2 Å². The number of carbonyl (C=O) groups excluding carboxylic acids is 1. The first-order valence-corrected chi connectivity index (χ1v) is 11.1. The van der Waals surface area contributed by atoms with Crippen LogP contribution in [-0.2, 0) is 14.9 Å². The van der Waals surface area contributed by atoms with Gasteiger partial charge in [-0.2, -0.15) is 8.42 Å². The van der Waals surface area contributed by atoms with Gasteiger partial charge in [-0.15, -0.1) is 13.2 Å². The van der Waals surface area contributed by atoms with Crippen LogP contribution in [-0.4, -0.2) is 43.3 Å². The second-order valence-corrected chi connectivity index (χ2v) is 8.95. The van der Waals surface area contributed by atoms with E-state index in [1.165, 1.54) is 0 Å². The lowest BCUT2D eigenvalue weighted by Gasteiger charge is -2.36. The van der Waals surface area contributed by atoms with E-state index in [9.17, 15) is 26.4 Å². The molecule has 0 aliphatic heterocycles. The van der Waals surface area contributed by atoms with Crippen molar-refractivity contribution in [3.63, 3.8) is 0 Å². The monoisotopic (exact) mass is 454 g/mol. The Bertz CT molecular complexity index is 848. The summed E-state index contributed by atoms with van der Waals surface area (Å²) in [7, 11) is -4.32. The van der Waals surface area contributed by atoms with Gasteiger partial charge in [-0.3, -0.25) is 4.55 Å². The zero-order valence-corrected chi connectivity index (χ0v) is 17.5. The van der Waals surface area contributed by atoms with E-state index in [1.807, 2.05) is 13.8 Å². The molecule has 0 heterocycles. The van der Waals surface area contributed by atoms with E-state index in [4.69, 9.17) is 14.0 Å². The molecule has 0 amide bonds. The van der Waals surface area contributed by atoms with Crippen molar-refractivity contribution in [1.82, 2.24) is 0 Å². The summed E-state index contributed by atoms with van der Waals surface area (Å²) in [6.45, 7) is 3.08. The Morgan fingerprint density at radius 2 is 1.80 bits per heavy atom. The van der Waals surface area contributed by atoms with Gasteiger partial charge < -0.3 is 14.2 Å². The smallest absolute Gasteiger partial charge is 0.483 e. The van der Waals surface area contributed by atoms with Gasteiger partial charge in [0.05, 0.1) is 5.56 Å². The van der Waals surface area contributed by atoms with E-state index in [2.05, 4.69) is 4.74 Å². The third-order valence-electron chi connectivity index (χ3n) is 5.24. The predicted octanol–water partition coefficient (Wildman–Crippen LogP) is 4.37. The molecule has 30 heavy (non-hydrogen) atoms. The molecule has 0 saturated heterocycles. The van der Waals surface area contributed by atoms with Gasteiger partial charge in [-0.05, 0) is 50.3 Å². The highest BCUT2D eigenvalue weighted by atomic mass is 32.2. The number of benzene rings is 1. The van der Waals surface area contributed by atoms with Crippen LogP contribution >= 0.6 is 0 Å². The van der Waals surface area contributed by atoms with Crippen LogP contribution in [0.2, 0.25) is 0 Å². The molecule has 1 aliphatic carbocycles. The van der Waals surface area contributed by atoms with Crippen molar-refractivity contribution in [2.45, 2.75) is 57.9 Å². The van der Waals surface area contributed by atoms with Crippen molar-refractivity contribution in [2.24, 2.45) is 5.92 Å². The van der Waals surface area contributed by atoms with Gasteiger partial charge >= 0.3 is 12.3 Å². The molecule has 0 bridgehead atoms. The maximum Gasteiger partial charge on any atom is 0.573 e. The topological polar surface area (TPSA) is 99.1 Å². The van der Waals surface area contributed by atoms with Gasteiger partial charge in [0.15, 0.2) is 11.5 Å². The molecule has 1 unspecified atom stereocenters. The van der Waals surface area contributed by atoms with Gasteiger partial charge in [0.25, 0.3) is 10.1 Å². The first kappa shape index (κ1) is 24.3. The van der Waals surface area contributed by atoms with Crippen LogP contribution in [0.4, 0.5) is 13.2 Å². The molecule has 0 radical (unpaired) electrons. The van der Waals surface area contributed by atoms with E-state index in [1.54, 1.807) is 0 Å². The van der Waals surface area contributed by atoms with Crippen molar-refractivity contribution in [1.29, 1.82) is 0 Å². The number of halogens is 3. The number of hydrogen-bond acceptors (Lipinski definition) is 6. The Hall–Kier alpha value is -2.01. The van der Waals surface area contributed by atoms with E-state index >= 15 is 0 Å². The van der Waals surface area contributed by atoms with E-state index in [0.717, 1.165) is 43.9 Å².